The van der Waals surface area contributed by atoms with E-state index in [4.69, 9.17) is 28.6 Å². The number of methoxy groups -OCH3 is 1. The molecule has 3 rings (SSSR count). The van der Waals surface area contributed by atoms with Crippen molar-refractivity contribution >= 4 is 23.8 Å². The monoisotopic (exact) mass is 374 g/mol. The molecule has 7 heteroatoms. The van der Waals surface area contributed by atoms with Crippen molar-refractivity contribution in [3.8, 4) is 17.1 Å². The van der Waals surface area contributed by atoms with E-state index in [0.717, 1.165) is 28.7 Å². The molecule has 0 unspecified atom stereocenters. The predicted molar refractivity (Wildman–Crippen MR) is 102 cm³/mol. The first-order chi connectivity index (χ1) is 12.0. The molecule has 130 valence electrons. The highest BCUT2D eigenvalue weighted by Crippen LogP contribution is 2.19. The molecule has 0 atom stereocenters. The number of nitrogens with zero attached hydrogens (tertiary/aromatic N) is 3. The molecule has 0 aliphatic heterocycles. The van der Waals surface area contributed by atoms with Gasteiger partial charge < -0.3 is 4.74 Å². The van der Waals surface area contributed by atoms with E-state index >= 15 is 0 Å². The van der Waals surface area contributed by atoms with Gasteiger partial charge in [0.2, 0.25) is 4.77 Å². The number of rotatable bonds is 6. The number of halogens is 1. The van der Waals surface area contributed by atoms with E-state index < -0.39 is 0 Å². The Hall–Kier alpha value is -2.15. The number of H-pyrrole nitrogens is 1. The van der Waals surface area contributed by atoms with Crippen LogP contribution in [0.3, 0.4) is 0 Å². The maximum atomic E-state index is 5.93. The Morgan fingerprint density at radius 2 is 1.84 bits per heavy atom. The van der Waals surface area contributed by atoms with Gasteiger partial charge in [-0.1, -0.05) is 23.7 Å². The molecule has 0 aliphatic carbocycles. The van der Waals surface area contributed by atoms with Gasteiger partial charge in [0.1, 0.15) is 5.75 Å². The fourth-order valence-electron chi connectivity index (χ4n) is 2.52. The summed E-state index contributed by atoms with van der Waals surface area (Å²) in [6.45, 7) is 1.40. The zero-order valence-corrected chi connectivity index (χ0v) is 15.6. The topological polar surface area (TPSA) is 46.1 Å². The van der Waals surface area contributed by atoms with Crippen LogP contribution in [-0.2, 0) is 13.2 Å². The van der Waals surface area contributed by atoms with Gasteiger partial charge in [0.25, 0.3) is 0 Å². The van der Waals surface area contributed by atoms with Crippen LogP contribution in [0.25, 0.3) is 11.4 Å². The van der Waals surface area contributed by atoms with Gasteiger partial charge in [-0.15, -0.1) is 0 Å². The average molecular weight is 375 g/mol. The van der Waals surface area contributed by atoms with Crippen LogP contribution in [0.1, 0.15) is 5.56 Å². The fourth-order valence-corrected chi connectivity index (χ4v) is 2.84. The van der Waals surface area contributed by atoms with E-state index in [0.29, 0.717) is 11.4 Å². The molecule has 5 nitrogen and oxygen atoms in total. The zero-order valence-electron chi connectivity index (χ0n) is 14.1. The lowest BCUT2D eigenvalue weighted by Gasteiger charge is -2.17. The summed E-state index contributed by atoms with van der Waals surface area (Å²) in [5.74, 6) is 1.55. The summed E-state index contributed by atoms with van der Waals surface area (Å²) >= 11 is 11.3. The standard InChI is InChI=1S/C18H19ClN4OS/c1-22(11-13-3-7-15(19)8-4-13)12-23-18(25)20-17(21-23)14-5-9-16(24-2)10-6-14/h3-10H,11-12H2,1-2H3,(H,20,21,25). The van der Waals surface area contributed by atoms with Gasteiger partial charge in [0, 0.05) is 17.1 Å². The van der Waals surface area contributed by atoms with Crippen LogP contribution in [0.15, 0.2) is 48.5 Å². The Kier molecular flexibility index (Phi) is 5.53. The first kappa shape index (κ1) is 17.7. The third kappa shape index (κ3) is 4.48. The van der Waals surface area contributed by atoms with Gasteiger partial charge in [0.15, 0.2) is 5.82 Å². The fraction of sp³-hybridized carbons (Fsp3) is 0.222. The molecule has 0 aliphatic rings. The molecule has 1 heterocycles. The van der Waals surface area contributed by atoms with Crippen molar-refractivity contribution in [1.82, 2.24) is 19.7 Å². The molecule has 0 amide bonds. The largest absolute Gasteiger partial charge is 0.497 e. The summed E-state index contributed by atoms with van der Waals surface area (Å²) in [5, 5.41) is 4.00. The number of hydrogen-bond acceptors (Lipinski definition) is 4. The summed E-state index contributed by atoms with van der Waals surface area (Å²) in [6.07, 6.45) is 0. The summed E-state index contributed by atoms with van der Waals surface area (Å²) in [7, 11) is 3.68. The van der Waals surface area contributed by atoms with E-state index in [9.17, 15) is 0 Å². The van der Waals surface area contributed by atoms with Crippen molar-refractivity contribution in [2.75, 3.05) is 14.2 Å². The number of ether oxygens (including phenoxy) is 1. The van der Waals surface area contributed by atoms with Crippen molar-refractivity contribution in [2.24, 2.45) is 0 Å². The number of hydrogen-bond donors (Lipinski definition) is 1. The molecular weight excluding hydrogens is 356 g/mol. The summed E-state index contributed by atoms with van der Waals surface area (Å²) in [4.78, 5) is 6.59. The van der Waals surface area contributed by atoms with Crippen molar-refractivity contribution < 1.29 is 4.74 Å². The summed E-state index contributed by atoms with van der Waals surface area (Å²) < 4.78 is 7.55. The van der Waals surface area contributed by atoms with Gasteiger partial charge in [-0.2, -0.15) is 4.98 Å². The van der Waals surface area contributed by atoms with Gasteiger partial charge in [-0.05, 0) is 61.2 Å². The summed E-state index contributed by atoms with van der Waals surface area (Å²) in [5.41, 5.74) is 2.15. The Bertz CT molecular complexity index is 887. The van der Waals surface area contributed by atoms with Crippen LogP contribution in [0.2, 0.25) is 5.02 Å². The Morgan fingerprint density at radius 1 is 1.16 bits per heavy atom. The normalized spacial score (nSPS) is 11.0. The lowest BCUT2D eigenvalue weighted by molar-refractivity contribution is 0.244. The van der Waals surface area contributed by atoms with Crippen molar-refractivity contribution in [1.29, 1.82) is 0 Å². The molecule has 0 spiro atoms. The van der Waals surface area contributed by atoms with E-state index in [1.165, 1.54) is 5.56 Å². The molecule has 0 bridgehead atoms. The van der Waals surface area contributed by atoms with E-state index in [2.05, 4.69) is 15.0 Å². The van der Waals surface area contributed by atoms with E-state index in [1.807, 2.05) is 60.3 Å². The number of benzene rings is 2. The van der Waals surface area contributed by atoms with Crippen LogP contribution in [0.4, 0.5) is 0 Å². The van der Waals surface area contributed by atoms with E-state index in [1.54, 1.807) is 7.11 Å². The van der Waals surface area contributed by atoms with Gasteiger partial charge >= 0.3 is 0 Å². The second-order valence-corrected chi connectivity index (χ2v) is 6.59. The predicted octanol–water partition coefficient (Wildman–Crippen LogP) is 4.36. The van der Waals surface area contributed by atoms with Gasteiger partial charge in [-0.3, -0.25) is 10.00 Å². The number of nitrogens with one attached hydrogen (secondary N) is 1. The van der Waals surface area contributed by atoms with E-state index in [-0.39, 0.29) is 0 Å². The van der Waals surface area contributed by atoms with Gasteiger partial charge in [-0.25, -0.2) is 4.68 Å². The molecule has 0 saturated heterocycles. The minimum Gasteiger partial charge on any atom is -0.497 e. The zero-order chi connectivity index (χ0) is 17.8. The highest BCUT2D eigenvalue weighted by molar-refractivity contribution is 7.71. The third-order valence-corrected chi connectivity index (χ3v) is 4.35. The highest BCUT2D eigenvalue weighted by Gasteiger charge is 2.08. The second-order valence-electron chi connectivity index (χ2n) is 5.79. The van der Waals surface area contributed by atoms with Crippen LogP contribution in [0.5, 0.6) is 5.75 Å². The van der Waals surface area contributed by atoms with Crippen molar-refractivity contribution in [3.05, 3.63) is 63.9 Å². The molecule has 1 N–H and O–H groups in total. The molecule has 0 saturated carbocycles. The first-order valence-electron chi connectivity index (χ1n) is 7.79. The van der Waals surface area contributed by atoms with Crippen LogP contribution in [0, 0.1) is 4.77 Å². The Morgan fingerprint density at radius 3 is 2.48 bits per heavy atom. The quantitative estimate of drug-likeness (QED) is 0.651. The maximum absolute atomic E-state index is 5.93. The minimum atomic E-state index is 0.522. The van der Waals surface area contributed by atoms with Crippen LogP contribution >= 0.6 is 23.8 Å². The van der Waals surface area contributed by atoms with Crippen LogP contribution in [-0.4, -0.2) is 33.8 Å². The average Bonchev–Trinajstić information content (AvgIpc) is 2.97. The molecule has 3 aromatic rings. The molecule has 0 fully saturated rings. The van der Waals surface area contributed by atoms with Gasteiger partial charge in [0.05, 0.1) is 13.8 Å². The number of aromatic amines is 1. The molecule has 0 radical (unpaired) electrons. The Balaban J connectivity index is 1.71. The molecular formula is C18H19ClN4OS. The van der Waals surface area contributed by atoms with Crippen LogP contribution < -0.4 is 4.74 Å². The minimum absolute atomic E-state index is 0.522. The first-order valence-corrected chi connectivity index (χ1v) is 8.58. The lowest BCUT2D eigenvalue weighted by Crippen LogP contribution is -2.22. The van der Waals surface area contributed by atoms with Crippen molar-refractivity contribution in [2.45, 2.75) is 13.2 Å². The maximum Gasteiger partial charge on any atom is 0.217 e. The number of aromatic nitrogens is 3. The second kappa shape index (κ2) is 7.82. The smallest absolute Gasteiger partial charge is 0.217 e. The third-order valence-electron chi connectivity index (χ3n) is 3.79. The Labute approximate surface area is 156 Å². The highest BCUT2D eigenvalue weighted by atomic mass is 35.5. The summed E-state index contributed by atoms with van der Waals surface area (Å²) in [6, 6.07) is 15.5. The molecule has 2 aromatic carbocycles. The molecule has 1 aromatic heterocycles. The van der Waals surface area contributed by atoms with Crippen molar-refractivity contribution in [3.63, 3.8) is 0 Å². The lowest BCUT2D eigenvalue weighted by atomic mass is 10.2. The molecule has 25 heavy (non-hydrogen) atoms. The SMILES string of the molecule is COc1ccc(-c2nc(=S)n(CN(C)Cc3ccc(Cl)cc3)[nH]2)cc1.